The molecule has 0 saturated heterocycles. The first kappa shape index (κ1) is 55.3. The number of carbonyl (C=O) groups excluding carboxylic acids is 3. The largest absolute Gasteiger partial charge is 0.465 e. The molecule has 0 saturated carbocycles. The number of hydrogen-bond donors (Lipinski definition) is 1. The van der Waals surface area contributed by atoms with Crippen molar-refractivity contribution in [2.75, 3.05) is 46.5 Å². The van der Waals surface area contributed by atoms with Gasteiger partial charge in [-0.05, 0) is 89.8 Å². The van der Waals surface area contributed by atoms with Gasteiger partial charge in [-0.2, -0.15) is 0 Å². The normalized spacial score (nSPS) is 12.1. The molecule has 57 heavy (non-hydrogen) atoms. The van der Waals surface area contributed by atoms with Gasteiger partial charge in [-0.1, -0.05) is 163 Å². The Kier molecular flexibility index (Phi) is 42.6. The van der Waals surface area contributed by atoms with Crippen molar-refractivity contribution in [3.8, 4) is 0 Å². The molecular formula is C49H96N2O6. The average Bonchev–Trinajstić information content (AvgIpc) is 3.20. The third kappa shape index (κ3) is 40.9. The number of esters is 2. The van der Waals surface area contributed by atoms with Crippen LogP contribution in [0.3, 0.4) is 0 Å². The summed E-state index contributed by atoms with van der Waals surface area (Å²) in [6.45, 7) is 13.4. The number of unbranched alkanes of at least 4 members (excludes halogenated alkanes) is 22. The standard InChI is InChI=1S/C49H96N2O6/c1-6-9-12-15-20-27-35-46(36-28-21-16-13-10-7-2)57-49(54)38-30-23-18-25-32-41-51(42-33-39-50-47(52)44-55-5)40-31-24-17-22-29-37-48(53)56-43-45(4)34-26-19-14-11-8-3/h45-46H,6-44H2,1-5H3,(H,50,52)/t45-/m0/s1. The van der Waals surface area contributed by atoms with Crippen LogP contribution in [0.15, 0.2) is 0 Å². The molecule has 1 amide bonds. The first-order chi connectivity index (χ1) is 27.9. The topological polar surface area (TPSA) is 94.2 Å². The van der Waals surface area contributed by atoms with Gasteiger partial charge in [0.25, 0.3) is 0 Å². The van der Waals surface area contributed by atoms with Crippen LogP contribution in [0, 0.1) is 5.92 Å². The third-order valence-corrected chi connectivity index (χ3v) is 11.3. The molecule has 8 nitrogen and oxygen atoms in total. The number of hydrogen-bond acceptors (Lipinski definition) is 7. The van der Waals surface area contributed by atoms with Gasteiger partial charge in [-0.15, -0.1) is 0 Å². The first-order valence-electron chi connectivity index (χ1n) is 24.7. The van der Waals surface area contributed by atoms with E-state index in [1.807, 2.05) is 0 Å². The zero-order chi connectivity index (χ0) is 41.9. The van der Waals surface area contributed by atoms with E-state index in [-0.39, 0.29) is 30.6 Å². The first-order valence-corrected chi connectivity index (χ1v) is 24.7. The number of nitrogens with one attached hydrogen (secondary N) is 1. The highest BCUT2D eigenvalue weighted by molar-refractivity contribution is 5.77. The lowest BCUT2D eigenvalue weighted by Gasteiger charge is -2.22. The predicted octanol–water partition coefficient (Wildman–Crippen LogP) is 13.1. The van der Waals surface area contributed by atoms with E-state index in [1.54, 1.807) is 7.11 Å². The molecule has 0 radical (unpaired) electrons. The van der Waals surface area contributed by atoms with Crippen LogP contribution < -0.4 is 5.32 Å². The highest BCUT2D eigenvalue weighted by atomic mass is 16.5. The van der Waals surface area contributed by atoms with Gasteiger partial charge < -0.3 is 24.4 Å². The molecule has 0 fully saturated rings. The quantitative estimate of drug-likeness (QED) is 0.0483. The Morgan fingerprint density at radius 1 is 0.509 bits per heavy atom. The minimum atomic E-state index is -0.0599. The summed E-state index contributed by atoms with van der Waals surface area (Å²) in [6, 6.07) is 0. The maximum absolute atomic E-state index is 12.8. The summed E-state index contributed by atoms with van der Waals surface area (Å²) >= 11 is 0. The minimum absolute atomic E-state index is 0.00843. The van der Waals surface area contributed by atoms with Crippen molar-refractivity contribution in [1.82, 2.24) is 10.2 Å². The Morgan fingerprint density at radius 2 is 0.930 bits per heavy atom. The van der Waals surface area contributed by atoms with E-state index in [0.29, 0.717) is 31.9 Å². The van der Waals surface area contributed by atoms with E-state index in [1.165, 1.54) is 122 Å². The fourth-order valence-electron chi connectivity index (χ4n) is 7.62. The van der Waals surface area contributed by atoms with Crippen LogP contribution >= 0.6 is 0 Å². The highest BCUT2D eigenvalue weighted by Crippen LogP contribution is 2.19. The fraction of sp³-hybridized carbons (Fsp3) is 0.939. The maximum Gasteiger partial charge on any atom is 0.306 e. The van der Waals surface area contributed by atoms with Gasteiger partial charge in [0.2, 0.25) is 5.91 Å². The van der Waals surface area contributed by atoms with Crippen LogP contribution in [-0.2, 0) is 28.6 Å². The summed E-state index contributed by atoms with van der Waals surface area (Å²) in [6.07, 6.45) is 37.9. The van der Waals surface area contributed by atoms with Crippen LogP contribution in [0.1, 0.15) is 240 Å². The summed E-state index contributed by atoms with van der Waals surface area (Å²) in [7, 11) is 1.54. The number of ether oxygens (including phenoxy) is 3. The van der Waals surface area contributed by atoms with Crippen molar-refractivity contribution < 1.29 is 28.6 Å². The molecule has 338 valence electrons. The second-order valence-corrected chi connectivity index (χ2v) is 17.2. The van der Waals surface area contributed by atoms with E-state index >= 15 is 0 Å². The van der Waals surface area contributed by atoms with Gasteiger partial charge in [0, 0.05) is 26.5 Å². The third-order valence-electron chi connectivity index (χ3n) is 11.3. The molecule has 8 heteroatoms. The summed E-state index contributed by atoms with van der Waals surface area (Å²) in [4.78, 5) is 39.4. The number of methoxy groups -OCH3 is 1. The Bertz CT molecular complexity index is 870. The van der Waals surface area contributed by atoms with Gasteiger partial charge in [0.05, 0.1) is 6.61 Å². The number of nitrogens with zero attached hydrogens (tertiary/aromatic N) is 1. The lowest BCUT2D eigenvalue weighted by Crippen LogP contribution is -2.32. The molecule has 1 N–H and O–H groups in total. The van der Waals surface area contributed by atoms with Crippen LogP contribution in [0.4, 0.5) is 0 Å². The molecule has 0 aliphatic rings. The summed E-state index contributed by atoms with van der Waals surface area (Å²) in [5, 5.41) is 2.95. The van der Waals surface area contributed by atoms with E-state index in [0.717, 1.165) is 96.7 Å². The molecule has 0 aromatic rings. The minimum Gasteiger partial charge on any atom is -0.465 e. The second-order valence-electron chi connectivity index (χ2n) is 17.2. The Morgan fingerprint density at radius 3 is 1.44 bits per heavy atom. The lowest BCUT2D eigenvalue weighted by molar-refractivity contribution is -0.150. The molecule has 0 heterocycles. The van der Waals surface area contributed by atoms with Crippen molar-refractivity contribution in [2.24, 2.45) is 5.92 Å². The SMILES string of the molecule is CCCCCCCCC(CCCCCCCC)OC(=O)CCCCCCCN(CCCCCCCC(=O)OC[C@@H](C)CCCCCCC)CCCNC(=O)COC. The maximum atomic E-state index is 12.8. The zero-order valence-corrected chi connectivity index (χ0v) is 38.6. The van der Waals surface area contributed by atoms with Crippen molar-refractivity contribution >= 4 is 17.8 Å². The smallest absolute Gasteiger partial charge is 0.306 e. The van der Waals surface area contributed by atoms with Crippen molar-refractivity contribution in [1.29, 1.82) is 0 Å². The van der Waals surface area contributed by atoms with Gasteiger partial charge >= 0.3 is 11.9 Å². The van der Waals surface area contributed by atoms with Crippen molar-refractivity contribution in [3.63, 3.8) is 0 Å². The molecule has 0 aliphatic heterocycles. The molecular weight excluding hydrogens is 713 g/mol. The van der Waals surface area contributed by atoms with Crippen LogP contribution in [0.25, 0.3) is 0 Å². The fourth-order valence-corrected chi connectivity index (χ4v) is 7.62. The summed E-state index contributed by atoms with van der Waals surface area (Å²) < 4.78 is 16.5. The van der Waals surface area contributed by atoms with Crippen LogP contribution in [0.2, 0.25) is 0 Å². The van der Waals surface area contributed by atoms with Gasteiger partial charge in [-0.25, -0.2) is 0 Å². The highest BCUT2D eigenvalue weighted by Gasteiger charge is 2.15. The molecule has 0 bridgehead atoms. The van der Waals surface area contributed by atoms with Crippen molar-refractivity contribution in [2.45, 2.75) is 246 Å². The van der Waals surface area contributed by atoms with E-state index < -0.39 is 0 Å². The van der Waals surface area contributed by atoms with Crippen LogP contribution in [-0.4, -0.2) is 75.4 Å². The Balaban J connectivity index is 4.38. The lowest BCUT2D eigenvalue weighted by atomic mass is 10.0. The predicted molar refractivity (Wildman–Crippen MR) is 241 cm³/mol. The monoisotopic (exact) mass is 809 g/mol. The molecule has 0 unspecified atom stereocenters. The molecule has 1 atom stereocenters. The number of amides is 1. The van der Waals surface area contributed by atoms with E-state index in [9.17, 15) is 14.4 Å². The second kappa shape index (κ2) is 43.9. The molecule has 0 aromatic carbocycles. The van der Waals surface area contributed by atoms with Gasteiger partial charge in [0.1, 0.15) is 12.7 Å². The zero-order valence-electron chi connectivity index (χ0n) is 38.6. The number of rotatable bonds is 45. The van der Waals surface area contributed by atoms with E-state index in [2.05, 4.69) is 37.9 Å². The van der Waals surface area contributed by atoms with E-state index in [4.69, 9.17) is 14.2 Å². The molecule has 0 aromatic heterocycles. The van der Waals surface area contributed by atoms with Crippen LogP contribution in [0.5, 0.6) is 0 Å². The molecule has 0 spiro atoms. The average molecular weight is 809 g/mol. The molecule has 0 aliphatic carbocycles. The Labute approximate surface area is 353 Å². The molecule has 0 rings (SSSR count). The van der Waals surface area contributed by atoms with Gasteiger partial charge in [0.15, 0.2) is 0 Å². The summed E-state index contributed by atoms with van der Waals surface area (Å²) in [5.41, 5.74) is 0. The Hall–Kier alpha value is -1.67. The summed E-state index contributed by atoms with van der Waals surface area (Å²) in [5.74, 6) is 0.361. The van der Waals surface area contributed by atoms with Gasteiger partial charge in [-0.3, -0.25) is 14.4 Å². The number of carbonyl (C=O) groups is 3. The van der Waals surface area contributed by atoms with Crippen molar-refractivity contribution in [3.05, 3.63) is 0 Å².